The Morgan fingerprint density at radius 3 is 2.50 bits per heavy atom. The zero-order chi connectivity index (χ0) is 14.9. The lowest BCUT2D eigenvalue weighted by Gasteiger charge is -2.36. The quantitative estimate of drug-likeness (QED) is 0.922. The minimum Gasteiger partial charge on any atom is -0.481 e. The van der Waals surface area contributed by atoms with E-state index in [2.05, 4.69) is 0 Å². The number of carboxylic acids is 1. The maximum atomic E-state index is 12.9. The second-order valence-corrected chi connectivity index (χ2v) is 6.79. The molecule has 1 aliphatic rings. The highest BCUT2D eigenvalue weighted by Gasteiger charge is 2.39. The van der Waals surface area contributed by atoms with Crippen LogP contribution in [0.1, 0.15) is 19.8 Å². The molecule has 1 N–H and O–H groups in total. The van der Waals surface area contributed by atoms with Crippen LogP contribution in [-0.2, 0) is 14.8 Å². The number of rotatable bonds is 3. The predicted molar refractivity (Wildman–Crippen MR) is 70.1 cm³/mol. The number of piperidine rings is 1. The summed E-state index contributed by atoms with van der Waals surface area (Å²) in [6.07, 6.45) is 0.966. The van der Waals surface area contributed by atoms with Gasteiger partial charge in [0, 0.05) is 12.6 Å². The van der Waals surface area contributed by atoms with E-state index in [-0.39, 0.29) is 11.4 Å². The first-order valence-electron chi connectivity index (χ1n) is 6.34. The molecule has 1 aromatic carbocycles. The molecule has 1 saturated heterocycles. The lowest BCUT2D eigenvalue weighted by atomic mass is 9.92. The minimum atomic E-state index is -3.79. The monoisotopic (exact) mass is 301 g/mol. The van der Waals surface area contributed by atoms with Gasteiger partial charge in [0.05, 0.1) is 10.8 Å². The maximum Gasteiger partial charge on any atom is 0.308 e. The Labute approximate surface area is 117 Å². The molecule has 1 aliphatic heterocycles. The van der Waals surface area contributed by atoms with Crippen molar-refractivity contribution in [2.24, 2.45) is 5.92 Å². The third-order valence-corrected chi connectivity index (χ3v) is 5.67. The van der Waals surface area contributed by atoms with Gasteiger partial charge in [0.2, 0.25) is 10.0 Å². The summed E-state index contributed by atoms with van der Waals surface area (Å²) in [5, 5.41) is 9.13. The number of benzene rings is 1. The van der Waals surface area contributed by atoms with Crippen LogP contribution in [0.3, 0.4) is 0 Å². The van der Waals surface area contributed by atoms with E-state index in [1.807, 2.05) is 0 Å². The number of carboxylic acid groups (broad SMARTS) is 1. The summed E-state index contributed by atoms with van der Waals surface area (Å²) in [6.45, 7) is 1.88. The lowest BCUT2D eigenvalue weighted by molar-refractivity contribution is -0.144. The molecule has 0 radical (unpaired) electrons. The van der Waals surface area contributed by atoms with Crippen LogP contribution >= 0.6 is 0 Å². The van der Waals surface area contributed by atoms with E-state index in [9.17, 15) is 17.6 Å². The first kappa shape index (κ1) is 14.9. The van der Waals surface area contributed by atoms with Crippen molar-refractivity contribution in [1.82, 2.24) is 4.31 Å². The second kappa shape index (κ2) is 5.49. The van der Waals surface area contributed by atoms with Gasteiger partial charge in [-0.2, -0.15) is 4.31 Å². The number of hydrogen-bond acceptors (Lipinski definition) is 3. The Hall–Kier alpha value is -1.47. The van der Waals surface area contributed by atoms with Crippen molar-refractivity contribution in [3.05, 3.63) is 30.1 Å². The van der Waals surface area contributed by atoms with E-state index in [1.165, 1.54) is 16.4 Å². The third-order valence-electron chi connectivity index (χ3n) is 3.67. The number of halogens is 1. The molecular formula is C13H16FNO4S. The van der Waals surface area contributed by atoms with Crippen molar-refractivity contribution in [3.63, 3.8) is 0 Å². The first-order valence-corrected chi connectivity index (χ1v) is 7.78. The molecule has 0 amide bonds. The molecule has 1 fully saturated rings. The molecule has 7 heteroatoms. The lowest BCUT2D eigenvalue weighted by Crippen LogP contribution is -2.48. The molecular weight excluding hydrogens is 285 g/mol. The summed E-state index contributed by atoms with van der Waals surface area (Å²) in [5.74, 6) is -2.21. The Kier molecular flexibility index (Phi) is 4.10. The molecule has 2 rings (SSSR count). The van der Waals surface area contributed by atoms with Gasteiger partial charge in [-0.15, -0.1) is 0 Å². The molecule has 20 heavy (non-hydrogen) atoms. The van der Waals surface area contributed by atoms with Gasteiger partial charge in [0.1, 0.15) is 5.82 Å². The van der Waals surface area contributed by atoms with E-state index < -0.39 is 33.8 Å². The van der Waals surface area contributed by atoms with Crippen molar-refractivity contribution in [3.8, 4) is 0 Å². The third kappa shape index (κ3) is 2.69. The van der Waals surface area contributed by atoms with Crippen LogP contribution in [0.5, 0.6) is 0 Å². The van der Waals surface area contributed by atoms with E-state index in [0.717, 1.165) is 12.1 Å². The molecule has 110 valence electrons. The van der Waals surface area contributed by atoms with E-state index >= 15 is 0 Å². The molecule has 0 unspecified atom stereocenters. The molecule has 0 aliphatic carbocycles. The highest BCUT2D eigenvalue weighted by Crippen LogP contribution is 2.29. The van der Waals surface area contributed by atoms with Gasteiger partial charge in [-0.25, -0.2) is 12.8 Å². The Morgan fingerprint density at radius 2 is 1.95 bits per heavy atom. The zero-order valence-corrected chi connectivity index (χ0v) is 11.8. The molecule has 1 heterocycles. The van der Waals surface area contributed by atoms with Gasteiger partial charge in [-0.1, -0.05) is 0 Å². The zero-order valence-electron chi connectivity index (χ0n) is 11.0. The highest BCUT2D eigenvalue weighted by atomic mass is 32.2. The van der Waals surface area contributed by atoms with Crippen molar-refractivity contribution < 1.29 is 22.7 Å². The molecule has 2 atom stereocenters. The van der Waals surface area contributed by atoms with E-state index in [0.29, 0.717) is 12.8 Å². The van der Waals surface area contributed by atoms with E-state index in [1.54, 1.807) is 6.92 Å². The average Bonchev–Trinajstić information content (AvgIpc) is 2.38. The van der Waals surface area contributed by atoms with Crippen LogP contribution in [0, 0.1) is 11.7 Å². The molecule has 1 aromatic rings. The Morgan fingerprint density at radius 1 is 1.35 bits per heavy atom. The summed E-state index contributed by atoms with van der Waals surface area (Å²) in [7, 11) is -3.79. The van der Waals surface area contributed by atoms with Gasteiger partial charge in [0.25, 0.3) is 0 Å². The number of hydrogen-bond donors (Lipinski definition) is 1. The standard InChI is InChI=1S/C13H16FNO4S/c1-9-12(13(16)17)3-2-8-15(9)20(18,19)11-6-4-10(14)5-7-11/h4-7,9,12H,2-3,8H2,1H3,(H,16,17)/t9-,12-/m1/s1. The highest BCUT2D eigenvalue weighted by molar-refractivity contribution is 7.89. The Balaban J connectivity index is 2.33. The fourth-order valence-electron chi connectivity index (χ4n) is 2.52. The average molecular weight is 301 g/mol. The van der Waals surface area contributed by atoms with Gasteiger partial charge >= 0.3 is 5.97 Å². The van der Waals surface area contributed by atoms with Crippen LogP contribution < -0.4 is 0 Å². The van der Waals surface area contributed by atoms with Crippen LogP contribution in [0.4, 0.5) is 4.39 Å². The largest absolute Gasteiger partial charge is 0.481 e. The molecule has 5 nitrogen and oxygen atoms in total. The number of aliphatic carboxylic acids is 1. The molecule has 0 saturated carbocycles. The number of nitrogens with zero attached hydrogens (tertiary/aromatic N) is 1. The SMILES string of the molecule is C[C@@H]1[C@H](C(=O)O)CCCN1S(=O)(=O)c1ccc(F)cc1. The summed E-state index contributed by atoms with van der Waals surface area (Å²) in [4.78, 5) is 11.1. The topological polar surface area (TPSA) is 74.7 Å². The second-order valence-electron chi connectivity index (χ2n) is 4.90. The minimum absolute atomic E-state index is 0.0169. The van der Waals surface area contributed by atoms with Crippen LogP contribution in [0.2, 0.25) is 0 Å². The number of sulfonamides is 1. The maximum absolute atomic E-state index is 12.9. The van der Waals surface area contributed by atoms with Crippen molar-refractivity contribution in [2.45, 2.75) is 30.7 Å². The van der Waals surface area contributed by atoms with Gasteiger partial charge in [-0.3, -0.25) is 4.79 Å². The van der Waals surface area contributed by atoms with Crippen molar-refractivity contribution in [2.75, 3.05) is 6.54 Å². The van der Waals surface area contributed by atoms with Crippen LogP contribution in [0.15, 0.2) is 29.2 Å². The van der Waals surface area contributed by atoms with Gasteiger partial charge in [-0.05, 0) is 44.0 Å². The number of carbonyl (C=O) groups is 1. The normalized spacial score (nSPS) is 24.5. The summed E-state index contributed by atoms with van der Waals surface area (Å²) in [6, 6.07) is 3.94. The fraction of sp³-hybridized carbons (Fsp3) is 0.462. The van der Waals surface area contributed by atoms with Gasteiger partial charge < -0.3 is 5.11 Å². The smallest absolute Gasteiger partial charge is 0.308 e. The summed E-state index contributed by atoms with van der Waals surface area (Å²) >= 11 is 0. The predicted octanol–water partition coefficient (Wildman–Crippen LogP) is 1.70. The van der Waals surface area contributed by atoms with E-state index in [4.69, 9.17) is 5.11 Å². The van der Waals surface area contributed by atoms with Crippen LogP contribution in [-0.4, -0.2) is 36.4 Å². The summed E-state index contributed by atoms with van der Waals surface area (Å²) < 4.78 is 39.0. The van der Waals surface area contributed by atoms with Crippen LogP contribution in [0.25, 0.3) is 0 Å². The van der Waals surface area contributed by atoms with Crippen molar-refractivity contribution >= 4 is 16.0 Å². The Bertz CT molecular complexity index is 599. The molecule has 0 bridgehead atoms. The molecule has 0 spiro atoms. The summed E-state index contributed by atoms with van der Waals surface area (Å²) in [5.41, 5.74) is 0. The fourth-order valence-corrected chi connectivity index (χ4v) is 4.23. The van der Waals surface area contributed by atoms with Crippen molar-refractivity contribution in [1.29, 1.82) is 0 Å². The van der Waals surface area contributed by atoms with Gasteiger partial charge in [0.15, 0.2) is 0 Å². The molecule has 0 aromatic heterocycles. The first-order chi connectivity index (χ1) is 9.34.